The van der Waals surface area contributed by atoms with Crippen molar-refractivity contribution in [2.75, 3.05) is 37.9 Å². The number of anilines is 1. The molecule has 1 amide bonds. The number of carbonyl (C=O) groups excluding carboxylic acids is 1. The van der Waals surface area contributed by atoms with Crippen molar-refractivity contribution < 1.29 is 9.53 Å². The van der Waals surface area contributed by atoms with E-state index < -0.39 is 0 Å². The smallest absolute Gasteiger partial charge is 0.251 e. The minimum Gasteiger partial charge on any atom is -0.383 e. The second kappa shape index (κ2) is 11.1. The van der Waals surface area contributed by atoms with E-state index in [9.17, 15) is 4.79 Å². The first-order chi connectivity index (χ1) is 15.0. The van der Waals surface area contributed by atoms with E-state index in [0.717, 1.165) is 39.7 Å². The number of aryl methyl sites for hydroxylation is 2. The largest absolute Gasteiger partial charge is 0.383 e. The third kappa shape index (κ3) is 5.95. The minimum atomic E-state index is -0.0877. The first-order valence-corrected chi connectivity index (χ1v) is 11.5. The van der Waals surface area contributed by atoms with E-state index in [1.54, 1.807) is 25.1 Å². The van der Waals surface area contributed by atoms with E-state index in [0.29, 0.717) is 31.8 Å². The monoisotopic (exact) mass is 442 g/mol. The maximum atomic E-state index is 12.5. The number of hydrogen-bond donors (Lipinski definition) is 2. The number of methoxy groups -OCH3 is 1. The molecule has 0 aliphatic rings. The molecule has 2 aromatic heterocycles. The molecule has 0 atom stereocenters. The highest BCUT2D eigenvalue weighted by Crippen LogP contribution is 2.24. The summed E-state index contributed by atoms with van der Waals surface area (Å²) in [6, 6.07) is 5.73. The van der Waals surface area contributed by atoms with Crippen molar-refractivity contribution in [3.8, 4) is 0 Å². The van der Waals surface area contributed by atoms with E-state index in [1.165, 1.54) is 5.56 Å². The minimum absolute atomic E-state index is 0.0877. The fraction of sp³-hybridized carbons (Fsp3) is 0.455. The summed E-state index contributed by atoms with van der Waals surface area (Å²) in [4.78, 5) is 21.8. The summed E-state index contributed by atoms with van der Waals surface area (Å²) in [5.74, 6) is 1.62. The van der Waals surface area contributed by atoms with Crippen LogP contribution in [-0.2, 0) is 11.3 Å². The Morgan fingerprint density at radius 2 is 2.03 bits per heavy atom. The molecule has 3 aromatic rings. The molecule has 0 spiro atoms. The van der Waals surface area contributed by atoms with Gasteiger partial charge in [-0.15, -0.1) is 0 Å². The van der Waals surface area contributed by atoms with E-state index in [4.69, 9.17) is 9.72 Å². The number of fused-ring (bicyclic) bond motifs is 1. The van der Waals surface area contributed by atoms with Gasteiger partial charge in [0.25, 0.3) is 5.91 Å². The quantitative estimate of drug-likeness (QED) is 0.267. The molecule has 2 N–H and O–H groups in total. The van der Waals surface area contributed by atoms with Crippen molar-refractivity contribution in [2.45, 2.75) is 38.9 Å². The summed E-state index contributed by atoms with van der Waals surface area (Å²) >= 11 is 1.62. The predicted molar refractivity (Wildman–Crippen MR) is 125 cm³/mol. The predicted octanol–water partition coefficient (Wildman–Crippen LogP) is 3.43. The van der Waals surface area contributed by atoms with E-state index in [-0.39, 0.29) is 5.91 Å². The van der Waals surface area contributed by atoms with Gasteiger partial charge in [-0.3, -0.25) is 4.79 Å². The Morgan fingerprint density at radius 3 is 2.77 bits per heavy atom. The van der Waals surface area contributed by atoms with Crippen LogP contribution in [-0.4, -0.2) is 58.2 Å². The van der Waals surface area contributed by atoms with Gasteiger partial charge in [-0.05, 0) is 43.5 Å². The first kappa shape index (κ1) is 23.0. The maximum Gasteiger partial charge on any atom is 0.251 e. The van der Waals surface area contributed by atoms with Gasteiger partial charge in [0.1, 0.15) is 5.82 Å². The van der Waals surface area contributed by atoms with Crippen LogP contribution in [0.4, 0.5) is 5.82 Å². The Labute approximate surface area is 187 Å². The van der Waals surface area contributed by atoms with Gasteiger partial charge in [0.15, 0.2) is 10.8 Å². The fourth-order valence-electron chi connectivity index (χ4n) is 3.02. The number of hydrogen-bond acceptors (Lipinski definition) is 7. The standard InChI is InChI=1S/C22H30N6O2S/c1-5-12-31-22-26-19(23-9-11-30-4)18-14-25-28(20(18)27-22)10-8-24-21(29)17-7-6-15(2)16(3)13-17/h6-7,13-14H,5,8-12H2,1-4H3,(H,24,29)(H,23,26,27). The Balaban J connectivity index is 1.72. The zero-order valence-electron chi connectivity index (χ0n) is 18.6. The molecule has 31 heavy (non-hydrogen) atoms. The fourth-order valence-corrected chi connectivity index (χ4v) is 3.72. The summed E-state index contributed by atoms with van der Waals surface area (Å²) in [7, 11) is 1.67. The normalized spacial score (nSPS) is 11.1. The third-order valence-corrected chi connectivity index (χ3v) is 5.94. The highest BCUT2D eigenvalue weighted by molar-refractivity contribution is 7.99. The van der Waals surface area contributed by atoms with Gasteiger partial charge in [-0.2, -0.15) is 5.10 Å². The summed E-state index contributed by atoms with van der Waals surface area (Å²) in [6.07, 6.45) is 2.81. The molecular formula is C22H30N6O2S. The number of nitrogens with one attached hydrogen (secondary N) is 2. The molecule has 2 heterocycles. The third-order valence-electron chi connectivity index (χ3n) is 4.89. The number of ether oxygens (including phenoxy) is 1. The molecule has 0 saturated heterocycles. The van der Waals surface area contributed by atoms with Crippen LogP contribution in [0.1, 0.15) is 34.8 Å². The lowest BCUT2D eigenvalue weighted by molar-refractivity contribution is 0.0952. The number of thioether (sulfide) groups is 1. The summed E-state index contributed by atoms with van der Waals surface area (Å²) in [5, 5.41) is 12.3. The Kier molecular flexibility index (Phi) is 8.25. The molecule has 0 bridgehead atoms. The zero-order valence-corrected chi connectivity index (χ0v) is 19.4. The topological polar surface area (TPSA) is 94.0 Å². The zero-order chi connectivity index (χ0) is 22.2. The SMILES string of the molecule is CCCSc1nc(NCCOC)c2cnn(CCNC(=O)c3ccc(C)c(C)c3)c2n1. The first-order valence-electron chi connectivity index (χ1n) is 10.5. The molecule has 0 aliphatic carbocycles. The molecule has 0 saturated carbocycles. The van der Waals surface area contributed by atoms with Crippen LogP contribution >= 0.6 is 11.8 Å². The number of nitrogens with zero attached hydrogens (tertiary/aromatic N) is 4. The molecule has 0 unspecified atom stereocenters. The number of amides is 1. The molecule has 0 aliphatic heterocycles. The van der Waals surface area contributed by atoms with Crippen LogP contribution < -0.4 is 10.6 Å². The van der Waals surface area contributed by atoms with Crippen molar-refractivity contribution in [2.24, 2.45) is 0 Å². The van der Waals surface area contributed by atoms with Gasteiger partial charge in [-0.25, -0.2) is 14.6 Å². The number of aromatic nitrogens is 4. The molecule has 1 aromatic carbocycles. The van der Waals surface area contributed by atoms with Crippen LogP contribution in [0.2, 0.25) is 0 Å². The molecular weight excluding hydrogens is 412 g/mol. The maximum absolute atomic E-state index is 12.5. The molecule has 3 rings (SSSR count). The van der Waals surface area contributed by atoms with Gasteiger partial charge in [0.05, 0.1) is 24.7 Å². The summed E-state index contributed by atoms with van der Waals surface area (Å²) in [6.45, 7) is 8.38. The number of benzene rings is 1. The van der Waals surface area contributed by atoms with E-state index in [2.05, 4.69) is 27.6 Å². The molecule has 0 fully saturated rings. The second-order valence-corrected chi connectivity index (χ2v) is 8.34. The Bertz CT molecular complexity index is 1040. The van der Waals surface area contributed by atoms with Crippen LogP contribution in [0.25, 0.3) is 11.0 Å². The van der Waals surface area contributed by atoms with Crippen molar-refractivity contribution in [1.29, 1.82) is 0 Å². The molecule has 8 nitrogen and oxygen atoms in total. The Hall–Kier alpha value is -2.65. The van der Waals surface area contributed by atoms with Gasteiger partial charge in [0, 0.05) is 31.5 Å². The van der Waals surface area contributed by atoms with Crippen LogP contribution in [0.15, 0.2) is 29.6 Å². The summed E-state index contributed by atoms with van der Waals surface area (Å²) in [5.41, 5.74) is 3.70. The lowest BCUT2D eigenvalue weighted by atomic mass is 10.1. The Morgan fingerprint density at radius 1 is 1.19 bits per heavy atom. The van der Waals surface area contributed by atoms with E-state index >= 15 is 0 Å². The molecule has 9 heteroatoms. The highest BCUT2D eigenvalue weighted by atomic mass is 32.2. The summed E-state index contributed by atoms with van der Waals surface area (Å²) < 4.78 is 6.94. The second-order valence-electron chi connectivity index (χ2n) is 7.28. The van der Waals surface area contributed by atoms with Crippen LogP contribution in [0.5, 0.6) is 0 Å². The van der Waals surface area contributed by atoms with E-state index in [1.807, 2.05) is 36.7 Å². The van der Waals surface area contributed by atoms with Crippen molar-refractivity contribution in [3.63, 3.8) is 0 Å². The number of rotatable bonds is 11. The lowest BCUT2D eigenvalue weighted by Gasteiger charge is -2.10. The van der Waals surface area contributed by atoms with Crippen molar-refractivity contribution >= 4 is 34.5 Å². The van der Waals surface area contributed by atoms with Crippen LogP contribution in [0, 0.1) is 13.8 Å². The van der Waals surface area contributed by atoms with Crippen LogP contribution in [0.3, 0.4) is 0 Å². The van der Waals surface area contributed by atoms with Gasteiger partial charge in [0.2, 0.25) is 0 Å². The number of carbonyl (C=O) groups is 1. The molecule has 0 radical (unpaired) electrons. The lowest BCUT2D eigenvalue weighted by Crippen LogP contribution is -2.27. The molecule has 166 valence electrons. The van der Waals surface area contributed by atoms with Gasteiger partial charge < -0.3 is 15.4 Å². The van der Waals surface area contributed by atoms with Crippen molar-refractivity contribution in [3.05, 3.63) is 41.1 Å². The van der Waals surface area contributed by atoms with Gasteiger partial charge >= 0.3 is 0 Å². The average molecular weight is 443 g/mol. The van der Waals surface area contributed by atoms with Crippen molar-refractivity contribution in [1.82, 2.24) is 25.1 Å². The van der Waals surface area contributed by atoms with Gasteiger partial charge in [-0.1, -0.05) is 24.8 Å². The average Bonchev–Trinajstić information content (AvgIpc) is 3.17. The highest BCUT2D eigenvalue weighted by Gasteiger charge is 2.14.